The second kappa shape index (κ2) is 11.1. The van der Waals surface area contributed by atoms with Gasteiger partial charge in [-0.2, -0.15) is 4.98 Å². The average molecular weight is 362 g/mol. The summed E-state index contributed by atoms with van der Waals surface area (Å²) >= 11 is 0. The molecule has 0 bridgehead atoms. The molecule has 0 spiro atoms. The lowest BCUT2D eigenvalue weighted by molar-refractivity contribution is -0.118. The summed E-state index contributed by atoms with van der Waals surface area (Å²) in [4.78, 5) is 23.6. The predicted molar refractivity (Wildman–Crippen MR) is 105 cm³/mol. The van der Waals surface area contributed by atoms with Gasteiger partial charge in [-0.3, -0.25) is 4.79 Å². The molecule has 4 N–H and O–H groups in total. The molecule has 0 aliphatic carbocycles. The van der Waals surface area contributed by atoms with Crippen LogP contribution in [0.25, 0.3) is 11.0 Å². The van der Waals surface area contributed by atoms with E-state index in [9.17, 15) is 4.79 Å². The molecule has 0 aromatic carbocycles. The maximum absolute atomic E-state index is 11.0. The molecule has 2 aromatic rings. The molecule has 1 amide bonds. The van der Waals surface area contributed by atoms with Crippen molar-refractivity contribution >= 4 is 28.7 Å². The molecule has 2 rings (SSSR count). The number of aromatic nitrogens is 3. The van der Waals surface area contributed by atoms with Crippen molar-refractivity contribution in [2.24, 2.45) is 0 Å². The molecule has 0 saturated heterocycles. The molecule has 0 fully saturated rings. The molecular formula is C18H30N6O2. The number of carbonyl (C=O) groups excluding carboxylic acids is 1. The number of nitrogens with zero attached hydrogens (tertiary/aromatic N) is 3. The van der Waals surface area contributed by atoms with E-state index in [0.717, 1.165) is 0 Å². The van der Waals surface area contributed by atoms with Crippen molar-refractivity contribution in [3.05, 3.63) is 12.3 Å². The number of carbonyl (C=O) groups is 1. The van der Waals surface area contributed by atoms with Crippen LogP contribution in [0.3, 0.4) is 0 Å². The molecule has 0 radical (unpaired) electrons. The van der Waals surface area contributed by atoms with E-state index in [1.54, 1.807) is 12.3 Å². The topological polar surface area (TPSA) is 115 Å². The molecule has 8 nitrogen and oxygen atoms in total. The lowest BCUT2D eigenvalue weighted by Crippen LogP contribution is -2.33. The van der Waals surface area contributed by atoms with Gasteiger partial charge < -0.3 is 21.1 Å². The van der Waals surface area contributed by atoms with E-state index < -0.39 is 0 Å². The van der Waals surface area contributed by atoms with Crippen LogP contribution in [-0.4, -0.2) is 40.1 Å². The Morgan fingerprint density at radius 2 is 1.96 bits per heavy atom. The number of fused-ring (bicyclic) bond motifs is 1. The SMILES string of the molecule is CCCC.CCOc1cnc2c(N[C@@H](C)CNC(C)=O)nc(N)nc2c1. The Morgan fingerprint density at radius 3 is 2.54 bits per heavy atom. The van der Waals surface area contributed by atoms with E-state index in [1.165, 1.54) is 19.8 Å². The summed E-state index contributed by atoms with van der Waals surface area (Å²) in [5, 5.41) is 5.92. The van der Waals surface area contributed by atoms with Gasteiger partial charge in [0.2, 0.25) is 11.9 Å². The Kier molecular flexibility index (Phi) is 9.11. The fraction of sp³-hybridized carbons (Fsp3) is 0.556. The minimum absolute atomic E-state index is 0.0326. The number of anilines is 2. The lowest BCUT2D eigenvalue weighted by Gasteiger charge is -2.16. The Labute approximate surface area is 155 Å². The highest BCUT2D eigenvalue weighted by Gasteiger charge is 2.12. The van der Waals surface area contributed by atoms with E-state index >= 15 is 0 Å². The number of nitrogen functional groups attached to an aromatic ring is 1. The molecule has 8 heteroatoms. The van der Waals surface area contributed by atoms with Crippen LogP contribution in [0.2, 0.25) is 0 Å². The lowest BCUT2D eigenvalue weighted by atomic mass is 10.3. The Hall–Kier alpha value is -2.64. The van der Waals surface area contributed by atoms with E-state index in [2.05, 4.69) is 39.4 Å². The van der Waals surface area contributed by atoms with Gasteiger partial charge in [-0.15, -0.1) is 0 Å². The number of pyridine rings is 1. The first-order valence-corrected chi connectivity index (χ1v) is 8.98. The maximum Gasteiger partial charge on any atom is 0.222 e. The first kappa shape index (κ1) is 21.4. The van der Waals surface area contributed by atoms with Gasteiger partial charge in [0, 0.05) is 25.6 Å². The number of rotatable bonds is 7. The monoisotopic (exact) mass is 362 g/mol. The van der Waals surface area contributed by atoms with Gasteiger partial charge in [-0.05, 0) is 13.8 Å². The summed E-state index contributed by atoms with van der Waals surface area (Å²) in [7, 11) is 0. The second-order valence-corrected chi connectivity index (χ2v) is 5.88. The Bertz CT molecular complexity index is 705. The summed E-state index contributed by atoms with van der Waals surface area (Å²) < 4.78 is 5.41. The summed E-state index contributed by atoms with van der Waals surface area (Å²) in [6.07, 6.45) is 4.26. The second-order valence-electron chi connectivity index (χ2n) is 5.88. The van der Waals surface area contributed by atoms with Crippen LogP contribution < -0.4 is 21.1 Å². The first-order chi connectivity index (χ1) is 12.4. The standard InChI is InChI=1S/C14H20N6O2.C4H10/c1-4-22-10-5-11-12(17-7-10)13(20-14(15)19-11)18-8(2)6-16-9(3)21;1-3-4-2/h5,7-8H,4,6H2,1-3H3,(H,16,21)(H3,15,18,19,20);3-4H2,1-2H3/t8-;/m0./s1. The predicted octanol–water partition coefficient (Wildman–Crippen LogP) is 2.75. The molecule has 0 saturated carbocycles. The van der Waals surface area contributed by atoms with Gasteiger partial charge in [0.15, 0.2) is 5.82 Å². The molecule has 0 unspecified atom stereocenters. The van der Waals surface area contributed by atoms with Crippen LogP contribution in [0.1, 0.15) is 47.5 Å². The van der Waals surface area contributed by atoms with Gasteiger partial charge in [-0.1, -0.05) is 26.7 Å². The minimum Gasteiger partial charge on any atom is -0.492 e. The van der Waals surface area contributed by atoms with E-state index in [1.807, 2.05) is 13.8 Å². The highest BCUT2D eigenvalue weighted by atomic mass is 16.5. The molecule has 0 aliphatic rings. The first-order valence-electron chi connectivity index (χ1n) is 8.98. The molecule has 1 atom stereocenters. The van der Waals surface area contributed by atoms with Crippen molar-refractivity contribution in [1.29, 1.82) is 0 Å². The smallest absolute Gasteiger partial charge is 0.222 e. The van der Waals surface area contributed by atoms with Crippen molar-refractivity contribution in [3.8, 4) is 5.75 Å². The summed E-state index contributed by atoms with van der Waals surface area (Å²) in [6.45, 7) is 10.7. The molecule has 2 aromatic heterocycles. The number of hydrogen-bond donors (Lipinski definition) is 3. The van der Waals surface area contributed by atoms with Crippen LogP contribution in [-0.2, 0) is 4.79 Å². The Balaban J connectivity index is 0.000000765. The largest absolute Gasteiger partial charge is 0.492 e. The van der Waals surface area contributed by atoms with Crippen LogP contribution in [0.4, 0.5) is 11.8 Å². The van der Waals surface area contributed by atoms with E-state index in [-0.39, 0.29) is 17.9 Å². The van der Waals surface area contributed by atoms with Gasteiger partial charge in [0.25, 0.3) is 0 Å². The van der Waals surface area contributed by atoms with Gasteiger partial charge >= 0.3 is 0 Å². The van der Waals surface area contributed by atoms with Crippen LogP contribution >= 0.6 is 0 Å². The average Bonchev–Trinajstić information content (AvgIpc) is 2.60. The van der Waals surface area contributed by atoms with Crippen LogP contribution in [0.5, 0.6) is 5.75 Å². The number of amides is 1. The number of nitrogens with one attached hydrogen (secondary N) is 2. The van der Waals surface area contributed by atoms with Gasteiger partial charge in [0.1, 0.15) is 16.8 Å². The van der Waals surface area contributed by atoms with Crippen molar-refractivity contribution in [3.63, 3.8) is 0 Å². The number of nitrogens with two attached hydrogens (primary N) is 1. The summed E-state index contributed by atoms with van der Waals surface area (Å²) in [5.74, 6) is 1.23. The third-order valence-corrected chi connectivity index (χ3v) is 3.38. The van der Waals surface area contributed by atoms with Crippen molar-refractivity contribution in [2.75, 3.05) is 24.2 Å². The van der Waals surface area contributed by atoms with E-state index in [4.69, 9.17) is 10.5 Å². The third kappa shape index (κ3) is 7.08. The van der Waals surface area contributed by atoms with Crippen LogP contribution in [0.15, 0.2) is 12.3 Å². The maximum atomic E-state index is 11.0. The fourth-order valence-corrected chi connectivity index (χ4v) is 1.95. The quantitative estimate of drug-likeness (QED) is 0.693. The summed E-state index contributed by atoms with van der Waals surface area (Å²) in [5.41, 5.74) is 6.95. The number of unbranched alkanes of at least 4 members (excludes halogenated alkanes) is 1. The number of hydrogen-bond acceptors (Lipinski definition) is 7. The highest BCUT2D eigenvalue weighted by Crippen LogP contribution is 2.23. The summed E-state index contributed by atoms with van der Waals surface area (Å²) in [6, 6.07) is 1.74. The van der Waals surface area contributed by atoms with Gasteiger partial charge in [0.05, 0.1) is 12.8 Å². The zero-order valence-corrected chi connectivity index (χ0v) is 16.3. The van der Waals surface area contributed by atoms with Gasteiger partial charge in [-0.25, -0.2) is 9.97 Å². The molecule has 144 valence electrons. The molecular weight excluding hydrogens is 332 g/mol. The zero-order valence-electron chi connectivity index (χ0n) is 16.3. The van der Waals surface area contributed by atoms with Crippen molar-refractivity contribution in [1.82, 2.24) is 20.3 Å². The highest BCUT2D eigenvalue weighted by molar-refractivity contribution is 5.87. The van der Waals surface area contributed by atoms with Crippen LogP contribution in [0, 0.1) is 0 Å². The van der Waals surface area contributed by atoms with Crippen molar-refractivity contribution < 1.29 is 9.53 Å². The van der Waals surface area contributed by atoms with E-state index in [0.29, 0.717) is 35.8 Å². The zero-order chi connectivity index (χ0) is 19.5. The molecule has 0 aliphatic heterocycles. The normalized spacial score (nSPS) is 11.3. The third-order valence-electron chi connectivity index (χ3n) is 3.38. The Morgan fingerprint density at radius 1 is 1.27 bits per heavy atom. The van der Waals surface area contributed by atoms with Crippen molar-refractivity contribution in [2.45, 2.75) is 53.5 Å². The molecule has 2 heterocycles. The number of ether oxygens (including phenoxy) is 1. The minimum atomic E-state index is -0.0832. The fourth-order valence-electron chi connectivity index (χ4n) is 1.95. The molecule has 26 heavy (non-hydrogen) atoms.